The maximum atomic E-state index is 12.6. The lowest BCUT2D eigenvalue weighted by Crippen LogP contribution is -2.37. The molecule has 0 saturated carbocycles. The molecule has 0 atom stereocenters. The Morgan fingerprint density at radius 2 is 2.06 bits per heavy atom. The highest BCUT2D eigenvalue weighted by atomic mass is 16.3. The zero-order valence-corrected chi connectivity index (χ0v) is 18.6. The van der Waals surface area contributed by atoms with E-state index in [-0.39, 0.29) is 11.7 Å². The fraction of sp³-hybridized carbons (Fsp3) is 0.391. The predicted octanol–water partition coefficient (Wildman–Crippen LogP) is 3.00. The summed E-state index contributed by atoms with van der Waals surface area (Å²) >= 11 is 0. The number of aliphatic imine (C=N–C) groups is 2. The number of allylic oxidation sites excluding steroid dienone is 1. The van der Waals surface area contributed by atoms with Crippen molar-refractivity contribution in [3.05, 3.63) is 64.5 Å². The Hall–Kier alpha value is -3.62. The van der Waals surface area contributed by atoms with E-state index in [4.69, 9.17) is 14.4 Å². The van der Waals surface area contributed by atoms with E-state index >= 15 is 0 Å². The van der Waals surface area contributed by atoms with Crippen LogP contribution in [0.3, 0.4) is 0 Å². The molecule has 0 amide bonds. The third-order valence-corrected chi connectivity index (χ3v) is 6.30. The second kappa shape index (κ2) is 8.14. The molecule has 0 unspecified atom stereocenters. The number of nitrogens with one attached hydrogen (secondary N) is 1. The molecule has 9 heteroatoms. The number of nitrogens with zero attached hydrogens (tertiary/aromatic N) is 6. The smallest absolute Gasteiger partial charge is 0.326 e. The van der Waals surface area contributed by atoms with E-state index in [1.165, 1.54) is 6.39 Å². The first-order valence-electron chi connectivity index (χ1n) is 11.0. The summed E-state index contributed by atoms with van der Waals surface area (Å²) in [6, 6.07) is 8.06. The van der Waals surface area contributed by atoms with Crippen molar-refractivity contribution in [2.45, 2.75) is 32.7 Å². The molecule has 32 heavy (non-hydrogen) atoms. The zero-order chi connectivity index (χ0) is 22.2. The molecule has 4 heterocycles. The topological polar surface area (TPSA) is 95.0 Å². The van der Waals surface area contributed by atoms with Crippen LogP contribution in [0.4, 0.5) is 0 Å². The fourth-order valence-corrected chi connectivity index (χ4v) is 4.66. The predicted molar refractivity (Wildman–Crippen MR) is 124 cm³/mol. The first kappa shape index (κ1) is 20.3. The lowest BCUT2D eigenvalue weighted by Gasteiger charge is -2.35. The quantitative estimate of drug-likeness (QED) is 0.683. The van der Waals surface area contributed by atoms with E-state index in [0.717, 1.165) is 54.2 Å². The van der Waals surface area contributed by atoms with Gasteiger partial charge in [-0.25, -0.2) is 14.8 Å². The summed E-state index contributed by atoms with van der Waals surface area (Å²) < 4.78 is 7.40. The van der Waals surface area contributed by atoms with Crippen molar-refractivity contribution in [1.82, 2.24) is 24.3 Å². The van der Waals surface area contributed by atoms with E-state index < -0.39 is 0 Å². The monoisotopic (exact) mass is 433 g/mol. The van der Waals surface area contributed by atoms with Crippen LogP contribution in [0, 0.1) is 0 Å². The summed E-state index contributed by atoms with van der Waals surface area (Å²) in [7, 11) is 1.95. The largest absolute Gasteiger partial charge is 0.440 e. The van der Waals surface area contributed by atoms with Crippen molar-refractivity contribution in [1.29, 1.82) is 0 Å². The number of likely N-dealkylation sites (N-methyl/N-ethyl adjacent to an activating group) is 1. The third kappa shape index (κ3) is 3.34. The zero-order valence-electron chi connectivity index (χ0n) is 18.6. The van der Waals surface area contributed by atoms with Gasteiger partial charge in [0, 0.05) is 38.4 Å². The number of fused-ring (bicyclic) bond motifs is 1. The molecule has 1 saturated heterocycles. The molecule has 0 aliphatic carbocycles. The Morgan fingerprint density at radius 3 is 2.78 bits per heavy atom. The second-order valence-corrected chi connectivity index (χ2v) is 8.13. The van der Waals surface area contributed by atoms with E-state index in [9.17, 15) is 4.79 Å². The molecule has 166 valence electrons. The molecule has 0 bridgehead atoms. The third-order valence-electron chi connectivity index (χ3n) is 6.30. The number of hydrogen-bond donors (Lipinski definition) is 1. The van der Waals surface area contributed by atoms with Gasteiger partial charge in [-0.15, -0.1) is 0 Å². The van der Waals surface area contributed by atoms with Gasteiger partial charge in [-0.05, 0) is 38.8 Å². The summed E-state index contributed by atoms with van der Waals surface area (Å²) in [4.78, 5) is 33.5. The van der Waals surface area contributed by atoms with Gasteiger partial charge in [0.15, 0.2) is 23.8 Å². The molecule has 2 aromatic heterocycles. The number of aromatic nitrogens is 3. The summed E-state index contributed by atoms with van der Waals surface area (Å²) in [5, 5.41) is 0. The number of hydrogen-bond acceptors (Lipinski definition) is 6. The van der Waals surface area contributed by atoms with Crippen molar-refractivity contribution >= 4 is 22.7 Å². The van der Waals surface area contributed by atoms with Crippen LogP contribution < -0.4 is 5.69 Å². The summed E-state index contributed by atoms with van der Waals surface area (Å²) in [5.41, 5.74) is 3.78. The van der Waals surface area contributed by atoms with E-state index in [1.54, 1.807) is 6.20 Å². The molecule has 3 aromatic rings. The second-order valence-electron chi connectivity index (χ2n) is 8.13. The number of amidine groups is 2. The van der Waals surface area contributed by atoms with Gasteiger partial charge in [0.1, 0.15) is 5.70 Å². The van der Waals surface area contributed by atoms with Gasteiger partial charge >= 0.3 is 5.69 Å². The van der Waals surface area contributed by atoms with Crippen LogP contribution in [0.5, 0.6) is 0 Å². The number of piperidine rings is 1. The number of para-hydroxylation sites is 2. The van der Waals surface area contributed by atoms with Crippen LogP contribution in [-0.4, -0.2) is 62.7 Å². The summed E-state index contributed by atoms with van der Waals surface area (Å²) in [6.45, 7) is 6.48. The number of benzene rings is 1. The van der Waals surface area contributed by atoms with Crippen molar-refractivity contribution in [2.24, 2.45) is 9.98 Å². The number of aromatic amines is 1. The standard InChI is InChI=1S/C23H27N7O2/c1-4-25-22-20(27-21(28(22)3)19-13-24-14-32-19)15(2)29-11-9-16(10-12-29)30-18-8-6-5-7-17(18)26-23(30)31/h5-8,13-14,16H,4,9-12H2,1-3H3,(H,26,31)/b20-15-,25-22?. The highest BCUT2D eigenvalue weighted by molar-refractivity contribution is 6.19. The van der Waals surface area contributed by atoms with E-state index in [2.05, 4.69) is 21.8 Å². The van der Waals surface area contributed by atoms with Gasteiger partial charge in [-0.2, -0.15) is 0 Å². The highest BCUT2D eigenvalue weighted by Gasteiger charge is 2.32. The number of rotatable bonds is 4. The van der Waals surface area contributed by atoms with Gasteiger partial charge in [0.25, 0.3) is 0 Å². The number of imidazole rings is 1. The Morgan fingerprint density at radius 1 is 1.28 bits per heavy atom. The molecular weight excluding hydrogens is 406 g/mol. The van der Waals surface area contributed by atoms with Crippen molar-refractivity contribution < 1.29 is 4.42 Å². The minimum absolute atomic E-state index is 0.0317. The first-order valence-corrected chi connectivity index (χ1v) is 11.0. The average molecular weight is 434 g/mol. The van der Waals surface area contributed by atoms with Crippen LogP contribution in [0.15, 0.2) is 67.4 Å². The number of H-pyrrole nitrogens is 1. The number of likely N-dealkylation sites (tertiary alicyclic amines) is 1. The molecule has 1 fully saturated rings. The van der Waals surface area contributed by atoms with Gasteiger partial charge in [0.05, 0.1) is 17.2 Å². The molecule has 2 aliphatic heterocycles. The Balaban J connectivity index is 1.41. The van der Waals surface area contributed by atoms with Gasteiger partial charge in [-0.1, -0.05) is 12.1 Å². The molecular formula is C23H27N7O2. The van der Waals surface area contributed by atoms with Crippen LogP contribution in [0.25, 0.3) is 11.0 Å². The lowest BCUT2D eigenvalue weighted by molar-refractivity contribution is 0.227. The van der Waals surface area contributed by atoms with Gasteiger partial charge < -0.3 is 19.2 Å². The minimum Gasteiger partial charge on any atom is -0.440 e. The SMILES string of the molecule is CCN=C1/C(=C(\C)N2CCC(n3c(=O)[nH]c4ccccc43)CC2)N=C(c2cnco2)N1C. The van der Waals surface area contributed by atoms with Gasteiger partial charge in [-0.3, -0.25) is 9.56 Å². The normalized spacial score (nSPS) is 20.5. The molecule has 1 N–H and O–H groups in total. The fourth-order valence-electron chi connectivity index (χ4n) is 4.66. The van der Waals surface area contributed by atoms with Crippen LogP contribution >= 0.6 is 0 Å². The Labute approximate surface area is 185 Å². The van der Waals surface area contributed by atoms with Gasteiger partial charge in [0.2, 0.25) is 0 Å². The maximum Gasteiger partial charge on any atom is 0.326 e. The Kier molecular flexibility index (Phi) is 5.16. The number of oxazole rings is 1. The van der Waals surface area contributed by atoms with Crippen molar-refractivity contribution in [3.8, 4) is 0 Å². The van der Waals surface area contributed by atoms with E-state index in [0.29, 0.717) is 18.1 Å². The molecule has 2 aliphatic rings. The molecule has 9 nitrogen and oxygen atoms in total. The Bertz CT molecular complexity index is 1270. The van der Waals surface area contributed by atoms with E-state index in [1.807, 2.05) is 47.7 Å². The van der Waals surface area contributed by atoms with Crippen LogP contribution in [-0.2, 0) is 0 Å². The molecule has 5 rings (SSSR count). The van der Waals surface area contributed by atoms with Crippen molar-refractivity contribution in [2.75, 3.05) is 26.7 Å². The van der Waals surface area contributed by atoms with Crippen LogP contribution in [0.1, 0.15) is 38.5 Å². The average Bonchev–Trinajstić information content (AvgIpc) is 3.52. The molecule has 1 aromatic carbocycles. The first-order chi connectivity index (χ1) is 15.6. The molecule has 0 radical (unpaired) electrons. The minimum atomic E-state index is -0.0317. The summed E-state index contributed by atoms with van der Waals surface area (Å²) in [5.74, 6) is 2.17. The molecule has 0 spiro atoms. The van der Waals surface area contributed by atoms with Crippen LogP contribution in [0.2, 0.25) is 0 Å². The lowest BCUT2D eigenvalue weighted by atomic mass is 10.0. The maximum absolute atomic E-state index is 12.6. The highest BCUT2D eigenvalue weighted by Crippen LogP contribution is 2.30. The van der Waals surface area contributed by atoms with Crippen molar-refractivity contribution in [3.63, 3.8) is 0 Å². The summed E-state index contributed by atoms with van der Waals surface area (Å²) in [6.07, 6.45) is 4.86.